The van der Waals surface area contributed by atoms with E-state index in [1.807, 2.05) is 36.4 Å². The van der Waals surface area contributed by atoms with Crippen molar-refractivity contribution in [3.8, 4) is 11.1 Å². The third-order valence-electron chi connectivity index (χ3n) is 14.2. The first-order valence-electron chi connectivity index (χ1n) is 24.7. The lowest BCUT2D eigenvalue weighted by Gasteiger charge is -2.33. The van der Waals surface area contributed by atoms with Gasteiger partial charge >= 0.3 is 12.2 Å². The Bertz CT molecular complexity index is 2350. The van der Waals surface area contributed by atoms with E-state index in [1.54, 1.807) is 62.8 Å². The van der Waals surface area contributed by atoms with Crippen LogP contribution in [-0.4, -0.2) is 112 Å². The number of benzene rings is 4. The van der Waals surface area contributed by atoms with E-state index in [0.717, 1.165) is 60.8 Å². The Morgan fingerprint density at radius 3 is 1.32 bits per heavy atom. The van der Waals surface area contributed by atoms with Gasteiger partial charge in [-0.2, -0.15) is 0 Å². The molecule has 2 heterocycles. The number of hydrogen-bond donors (Lipinski definition) is 4. The summed E-state index contributed by atoms with van der Waals surface area (Å²) in [4.78, 5) is 86.1. The monoisotopic (exact) mass is 972 g/mol. The molecule has 378 valence electrons. The van der Waals surface area contributed by atoms with Gasteiger partial charge in [0.2, 0.25) is 11.8 Å². The minimum atomic E-state index is -1.08. The standard InChI is InChI=1S/C55H68N6O10/c1-7-9-25-55(26-10-8-2)43-29-39(56-49(62)45-27-35(33-68-3)31-60(45)51(64)47(58-53(66)70-5)37-17-13-11-14-18-37)21-23-41(43)42-24-22-40(30-44(42)55)57-50(63)46-28-36(34-69-4)32-61(46)52(65)48(59-54(67)71-6)38-19-15-12-16-20-38/h11-24,29-30,35-36,45-48H,7-10,25-28,31-34H2,1-6H3,(H,56,62)(H,57,63)(H,58,66)(H,59,67)/t35-,36-,45-,46-,47+,48?/m0/s1. The van der Waals surface area contributed by atoms with Gasteiger partial charge in [0.1, 0.15) is 24.2 Å². The van der Waals surface area contributed by atoms with Crippen LogP contribution < -0.4 is 21.3 Å². The van der Waals surface area contributed by atoms with Crippen LogP contribution in [0.4, 0.5) is 21.0 Å². The zero-order chi connectivity index (χ0) is 50.7. The summed E-state index contributed by atoms with van der Waals surface area (Å²) in [6.07, 6.45) is 4.62. The van der Waals surface area contributed by atoms with E-state index in [9.17, 15) is 28.8 Å². The molecule has 0 aromatic heterocycles. The number of carbonyl (C=O) groups excluding carboxylic acids is 6. The number of methoxy groups -OCH3 is 4. The Kier molecular flexibility index (Phi) is 17.5. The summed E-state index contributed by atoms with van der Waals surface area (Å²) in [5, 5.41) is 11.7. The molecule has 2 fully saturated rings. The number of nitrogens with one attached hydrogen (secondary N) is 4. The maximum Gasteiger partial charge on any atom is 0.407 e. The molecule has 3 aliphatic rings. The van der Waals surface area contributed by atoms with Crippen molar-refractivity contribution in [2.24, 2.45) is 11.8 Å². The van der Waals surface area contributed by atoms with E-state index in [4.69, 9.17) is 18.9 Å². The van der Waals surface area contributed by atoms with Crippen molar-refractivity contribution in [3.63, 3.8) is 0 Å². The molecule has 71 heavy (non-hydrogen) atoms. The van der Waals surface area contributed by atoms with Crippen LogP contribution in [0, 0.1) is 11.8 Å². The minimum Gasteiger partial charge on any atom is -0.453 e. The molecule has 4 aromatic carbocycles. The molecular weight excluding hydrogens is 905 g/mol. The lowest BCUT2D eigenvalue weighted by Crippen LogP contribution is -2.48. The van der Waals surface area contributed by atoms with Gasteiger partial charge in [-0.15, -0.1) is 0 Å². The van der Waals surface area contributed by atoms with E-state index in [0.29, 0.717) is 48.6 Å². The maximum atomic E-state index is 14.5. The van der Waals surface area contributed by atoms with Crippen LogP contribution in [0.25, 0.3) is 11.1 Å². The average molecular weight is 973 g/mol. The van der Waals surface area contributed by atoms with E-state index < -0.39 is 53.6 Å². The fraction of sp³-hybridized carbons (Fsp3) is 0.455. The van der Waals surface area contributed by atoms with Crippen LogP contribution in [0.3, 0.4) is 0 Å². The summed E-state index contributed by atoms with van der Waals surface area (Å²) < 4.78 is 20.8. The molecule has 16 nitrogen and oxygen atoms in total. The van der Waals surface area contributed by atoms with Gasteiger partial charge < -0.3 is 50.0 Å². The Morgan fingerprint density at radius 2 is 0.972 bits per heavy atom. The summed E-state index contributed by atoms with van der Waals surface area (Å²) in [6.45, 7) is 5.55. The van der Waals surface area contributed by atoms with Crippen molar-refractivity contribution in [2.75, 3.05) is 65.4 Å². The van der Waals surface area contributed by atoms with Crippen molar-refractivity contribution in [2.45, 2.75) is 94.8 Å². The van der Waals surface area contributed by atoms with Crippen LogP contribution in [-0.2, 0) is 43.5 Å². The second kappa shape index (κ2) is 23.9. The van der Waals surface area contributed by atoms with Crippen molar-refractivity contribution < 1.29 is 47.7 Å². The van der Waals surface area contributed by atoms with E-state index in [-0.39, 0.29) is 36.7 Å². The highest BCUT2D eigenvalue weighted by Crippen LogP contribution is 2.55. The lowest BCUT2D eigenvalue weighted by atomic mass is 9.70. The van der Waals surface area contributed by atoms with E-state index in [1.165, 1.54) is 24.0 Å². The number of amides is 6. The Hall–Kier alpha value is -6.78. The van der Waals surface area contributed by atoms with Crippen LogP contribution in [0.1, 0.15) is 99.6 Å². The molecule has 7 rings (SSSR count). The van der Waals surface area contributed by atoms with Crippen molar-refractivity contribution in [1.29, 1.82) is 0 Å². The van der Waals surface area contributed by atoms with Crippen LogP contribution in [0.2, 0.25) is 0 Å². The van der Waals surface area contributed by atoms with Crippen molar-refractivity contribution in [1.82, 2.24) is 20.4 Å². The molecule has 4 aromatic rings. The zero-order valence-electron chi connectivity index (χ0n) is 41.7. The van der Waals surface area contributed by atoms with Gasteiger partial charge in [-0.1, -0.05) is 112 Å². The van der Waals surface area contributed by atoms with Gasteiger partial charge in [0.15, 0.2) is 0 Å². The molecule has 0 spiro atoms. The molecule has 2 saturated heterocycles. The highest BCUT2D eigenvalue weighted by Gasteiger charge is 2.46. The number of ether oxygens (including phenoxy) is 4. The fourth-order valence-corrected chi connectivity index (χ4v) is 10.8. The quantitative estimate of drug-likeness (QED) is 0.0672. The van der Waals surface area contributed by atoms with Gasteiger partial charge in [0.05, 0.1) is 27.4 Å². The van der Waals surface area contributed by atoms with E-state index in [2.05, 4.69) is 47.2 Å². The van der Waals surface area contributed by atoms with Gasteiger partial charge in [0.25, 0.3) is 11.8 Å². The second-order valence-corrected chi connectivity index (χ2v) is 18.9. The van der Waals surface area contributed by atoms with Crippen LogP contribution in [0.15, 0.2) is 97.1 Å². The first kappa shape index (κ1) is 52.1. The average Bonchev–Trinajstić information content (AvgIpc) is 4.09. The molecule has 1 unspecified atom stereocenters. The number of likely N-dealkylation sites (tertiary alicyclic amines) is 2. The molecular formula is C55H68N6O10. The molecule has 6 atom stereocenters. The third-order valence-corrected chi connectivity index (χ3v) is 14.2. The SMILES string of the molecule is CCCCC1(CCCC)c2cc(NC(=O)[C@@H]3C[C@H](COC)CN3C(=O)C(NC(=O)OC)c3ccccc3)ccc2-c2ccc(NC(=O)[C@@H]3C[C@H](COC)CN3C(=O)[C@H](NC(=O)OC)c3ccccc3)cc21. The summed E-state index contributed by atoms with van der Waals surface area (Å²) >= 11 is 0. The normalized spacial score (nSPS) is 19.5. The summed E-state index contributed by atoms with van der Waals surface area (Å²) in [6, 6.07) is 25.9. The zero-order valence-corrected chi connectivity index (χ0v) is 41.7. The molecule has 1 aliphatic carbocycles. The summed E-state index contributed by atoms with van der Waals surface area (Å²) in [5.74, 6) is -1.79. The number of nitrogens with zero attached hydrogens (tertiary/aromatic N) is 2. The highest BCUT2D eigenvalue weighted by atomic mass is 16.5. The first-order chi connectivity index (χ1) is 34.4. The summed E-state index contributed by atoms with van der Waals surface area (Å²) in [7, 11) is 5.65. The number of anilines is 2. The molecule has 0 radical (unpaired) electrons. The van der Waals surface area contributed by atoms with Gasteiger partial charge in [-0.05, 0) is 83.3 Å². The van der Waals surface area contributed by atoms with Crippen molar-refractivity contribution in [3.05, 3.63) is 119 Å². The van der Waals surface area contributed by atoms with Gasteiger partial charge in [-0.3, -0.25) is 19.2 Å². The second-order valence-electron chi connectivity index (χ2n) is 18.9. The number of hydrogen-bond acceptors (Lipinski definition) is 10. The van der Waals surface area contributed by atoms with Crippen LogP contribution in [0.5, 0.6) is 0 Å². The van der Waals surface area contributed by atoms with Crippen molar-refractivity contribution >= 4 is 47.2 Å². The van der Waals surface area contributed by atoms with Crippen LogP contribution >= 0.6 is 0 Å². The smallest absolute Gasteiger partial charge is 0.407 e. The summed E-state index contributed by atoms with van der Waals surface area (Å²) in [5.41, 5.74) is 6.09. The molecule has 4 N–H and O–H groups in total. The fourth-order valence-electron chi connectivity index (χ4n) is 10.8. The Morgan fingerprint density at radius 1 is 0.577 bits per heavy atom. The lowest BCUT2D eigenvalue weighted by molar-refractivity contribution is -0.138. The first-order valence-corrected chi connectivity index (χ1v) is 24.7. The largest absolute Gasteiger partial charge is 0.453 e. The predicted octanol–water partition coefficient (Wildman–Crippen LogP) is 8.13. The minimum absolute atomic E-state index is 0.118. The number of rotatable bonds is 20. The van der Waals surface area contributed by atoms with E-state index >= 15 is 0 Å². The Balaban J connectivity index is 1.18. The third kappa shape index (κ3) is 11.6. The highest BCUT2D eigenvalue weighted by molar-refractivity contribution is 6.01. The molecule has 16 heteroatoms. The molecule has 0 bridgehead atoms. The molecule has 0 saturated carbocycles. The molecule has 2 aliphatic heterocycles. The Labute approximate surface area is 416 Å². The molecule has 6 amide bonds. The number of carbonyl (C=O) groups is 6. The topological polar surface area (TPSA) is 194 Å². The number of alkyl carbamates (subject to hydrolysis) is 2. The number of fused-ring (bicyclic) bond motifs is 3. The van der Waals surface area contributed by atoms with Gasteiger partial charge in [-0.25, -0.2) is 9.59 Å². The number of unbranched alkanes of at least 4 members (excludes halogenated alkanes) is 2. The van der Waals surface area contributed by atoms with Gasteiger partial charge in [0, 0.05) is 55.9 Å². The predicted molar refractivity (Wildman–Crippen MR) is 269 cm³/mol. The maximum absolute atomic E-state index is 14.5.